The van der Waals surface area contributed by atoms with Gasteiger partial charge < -0.3 is 20.9 Å². The minimum Gasteiger partial charge on any atom is -0.479 e. The molecule has 1 aromatic rings. The van der Waals surface area contributed by atoms with Gasteiger partial charge in [-0.15, -0.1) is 0 Å². The number of aromatic nitrogens is 1. The first kappa shape index (κ1) is 13.3. The molecule has 4 N–H and O–H groups in total. The molecular formula is C12H15N3O4. The third-order valence-electron chi connectivity index (χ3n) is 2.90. The molecule has 1 aromatic heterocycles. The fraction of sp³-hybridized carbons (Fsp3) is 0.417. The molecule has 0 spiro atoms. The summed E-state index contributed by atoms with van der Waals surface area (Å²) < 4.78 is 5.34. The number of carboxylic acid groups (broad SMARTS) is 1. The lowest BCUT2D eigenvalue weighted by Crippen LogP contribution is -2.25. The van der Waals surface area contributed by atoms with Gasteiger partial charge in [0.15, 0.2) is 6.10 Å². The van der Waals surface area contributed by atoms with Crippen LogP contribution in [0.25, 0.3) is 0 Å². The lowest BCUT2D eigenvalue weighted by Gasteiger charge is -2.12. The minimum absolute atomic E-state index is 0.167. The number of nitrogens with zero attached hydrogens (tertiary/aromatic N) is 1. The summed E-state index contributed by atoms with van der Waals surface area (Å²) in [5, 5.41) is 11.8. The maximum Gasteiger partial charge on any atom is 0.332 e. The molecule has 0 bridgehead atoms. The zero-order valence-electron chi connectivity index (χ0n) is 10.2. The highest BCUT2D eigenvalue weighted by molar-refractivity contribution is 5.91. The Hall–Kier alpha value is -2.15. The molecule has 19 heavy (non-hydrogen) atoms. The number of nitrogens with one attached hydrogen (secondary N) is 1. The molecule has 2 heterocycles. The molecule has 1 amide bonds. The van der Waals surface area contributed by atoms with Crippen LogP contribution in [-0.2, 0) is 9.53 Å². The van der Waals surface area contributed by atoms with Crippen LogP contribution in [0.3, 0.4) is 0 Å². The van der Waals surface area contributed by atoms with E-state index < -0.39 is 18.0 Å². The Morgan fingerprint density at radius 1 is 1.47 bits per heavy atom. The number of aliphatic carboxylic acids is 1. The van der Waals surface area contributed by atoms with Crippen LogP contribution in [0, 0.1) is 0 Å². The van der Waals surface area contributed by atoms with Crippen LogP contribution in [0.4, 0.5) is 5.82 Å². The number of pyridine rings is 1. The highest BCUT2D eigenvalue weighted by Crippen LogP contribution is 2.20. The number of hydrogen-bond donors (Lipinski definition) is 3. The molecule has 2 rings (SSSR count). The van der Waals surface area contributed by atoms with Crippen LogP contribution in [0.1, 0.15) is 23.3 Å². The van der Waals surface area contributed by atoms with Crippen molar-refractivity contribution >= 4 is 17.7 Å². The smallest absolute Gasteiger partial charge is 0.332 e. The van der Waals surface area contributed by atoms with Crippen molar-refractivity contribution in [3.63, 3.8) is 0 Å². The maximum absolute atomic E-state index is 11.0. The van der Waals surface area contributed by atoms with Crippen molar-refractivity contribution in [2.24, 2.45) is 5.73 Å². The predicted molar refractivity (Wildman–Crippen MR) is 66.8 cm³/mol. The number of carbonyl (C=O) groups is 2. The molecule has 2 atom stereocenters. The lowest BCUT2D eigenvalue weighted by atomic mass is 10.2. The average Bonchev–Trinajstić information content (AvgIpc) is 2.85. The van der Waals surface area contributed by atoms with Crippen LogP contribution in [0.2, 0.25) is 0 Å². The van der Waals surface area contributed by atoms with E-state index >= 15 is 0 Å². The second-order valence-corrected chi connectivity index (χ2v) is 4.32. The molecule has 1 saturated heterocycles. The molecule has 7 nitrogen and oxygen atoms in total. The molecule has 0 aliphatic carbocycles. The zero-order chi connectivity index (χ0) is 13.8. The van der Waals surface area contributed by atoms with Crippen molar-refractivity contribution in [3.05, 3.63) is 23.9 Å². The van der Waals surface area contributed by atoms with Crippen LogP contribution >= 0.6 is 0 Å². The number of nitrogens with two attached hydrogens (primary N) is 1. The van der Waals surface area contributed by atoms with Crippen molar-refractivity contribution in [3.8, 4) is 0 Å². The van der Waals surface area contributed by atoms with E-state index in [9.17, 15) is 9.59 Å². The maximum atomic E-state index is 11.0. The van der Waals surface area contributed by atoms with Gasteiger partial charge in [0, 0.05) is 6.54 Å². The van der Waals surface area contributed by atoms with E-state index in [-0.39, 0.29) is 11.8 Å². The molecule has 0 radical (unpaired) electrons. The number of hydrogen-bond acceptors (Lipinski definition) is 5. The normalized spacial score (nSPS) is 22.1. The van der Waals surface area contributed by atoms with Gasteiger partial charge in [-0.05, 0) is 25.0 Å². The van der Waals surface area contributed by atoms with Gasteiger partial charge in [-0.1, -0.05) is 6.07 Å². The standard InChI is InChI=1S/C12H15N3O4/c13-11(16)8-2-1-3-10(15-8)14-6-7-4-5-9(19-7)12(17)18/h1-3,7,9H,4-6H2,(H2,13,16)(H,14,15)(H,17,18). The second-order valence-electron chi connectivity index (χ2n) is 4.32. The van der Waals surface area contributed by atoms with Crippen molar-refractivity contribution < 1.29 is 19.4 Å². The van der Waals surface area contributed by atoms with Gasteiger partial charge in [-0.2, -0.15) is 0 Å². The molecule has 0 aromatic carbocycles. The molecular weight excluding hydrogens is 250 g/mol. The highest BCUT2D eigenvalue weighted by Gasteiger charge is 2.30. The summed E-state index contributed by atoms with van der Waals surface area (Å²) >= 11 is 0. The van der Waals surface area contributed by atoms with Gasteiger partial charge in [0.05, 0.1) is 6.10 Å². The van der Waals surface area contributed by atoms with Crippen LogP contribution < -0.4 is 11.1 Å². The third kappa shape index (κ3) is 3.41. The summed E-state index contributed by atoms with van der Waals surface area (Å²) in [4.78, 5) is 25.7. The number of carboxylic acids is 1. The monoisotopic (exact) mass is 265 g/mol. The summed E-state index contributed by atoms with van der Waals surface area (Å²) in [6.45, 7) is 0.443. The molecule has 102 valence electrons. The Bertz CT molecular complexity index is 492. The SMILES string of the molecule is NC(=O)c1cccc(NCC2CCC(C(=O)O)O2)n1. The van der Waals surface area contributed by atoms with Crippen molar-refractivity contribution in [2.45, 2.75) is 25.0 Å². The van der Waals surface area contributed by atoms with Crippen molar-refractivity contribution in [1.82, 2.24) is 4.98 Å². The number of primary amides is 1. The number of amides is 1. The molecule has 7 heteroatoms. The third-order valence-corrected chi connectivity index (χ3v) is 2.90. The fourth-order valence-corrected chi connectivity index (χ4v) is 1.93. The number of anilines is 1. The summed E-state index contributed by atoms with van der Waals surface area (Å²) in [7, 11) is 0. The Balaban J connectivity index is 1.88. The van der Waals surface area contributed by atoms with Crippen LogP contribution in [-0.4, -0.2) is 40.7 Å². The number of ether oxygens (including phenoxy) is 1. The van der Waals surface area contributed by atoms with E-state index in [1.54, 1.807) is 12.1 Å². The highest BCUT2D eigenvalue weighted by atomic mass is 16.5. The van der Waals surface area contributed by atoms with Gasteiger partial charge >= 0.3 is 5.97 Å². The Labute approximate surface area is 109 Å². The van der Waals surface area contributed by atoms with Crippen molar-refractivity contribution in [1.29, 1.82) is 0 Å². The van der Waals surface area contributed by atoms with Gasteiger partial charge in [-0.25, -0.2) is 9.78 Å². The lowest BCUT2D eigenvalue weighted by molar-refractivity contribution is -0.149. The summed E-state index contributed by atoms with van der Waals surface area (Å²) in [6, 6.07) is 4.90. The van der Waals surface area contributed by atoms with E-state index in [4.69, 9.17) is 15.6 Å². The molecule has 1 aliphatic rings. The summed E-state index contributed by atoms with van der Waals surface area (Å²) in [5.41, 5.74) is 5.31. The molecule has 0 saturated carbocycles. The van der Waals surface area contributed by atoms with E-state index in [0.717, 1.165) is 0 Å². The molecule has 2 unspecified atom stereocenters. The van der Waals surface area contributed by atoms with Gasteiger partial charge in [0.2, 0.25) is 0 Å². The first-order valence-electron chi connectivity index (χ1n) is 5.95. The summed E-state index contributed by atoms with van der Waals surface area (Å²) in [5.74, 6) is -1.01. The van der Waals surface area contributed by atoms with E-state index in [1.807, 2.05) is 0 Å². The fourth-order valence-electron chi connectivity index (χ4n) is 1.93. The quantitative estimate of drug-likeness (QED) is 0.701. The van der Waals surface area contributed by atoms with E-state index in [2.05, 4.69) is 10.3 Å². The Morgan fingerprint density at radius 3 is 2.89 bits per heavy atom. The number of carbonyl (C=O) groups excluding carboxylic acids is 1. The first-order valence-corrected chi connectivity index (χ1v) is 5.95. The van der Waals surface area contributed by atoms with Gasteiger partial charge in [0.1, 0.15) is 11.5 Å². The largest absolute Gasteiger partial charge is 0.479 e. The summed E-state index contributed by atoms with van der Waals surface area (Å²) in [6.07, 6.45) is 0.299. The van der Waals surface area contributed by atoms with E-state index in [1.165, 1.54) is 6.07 Å². The van der Waals surface area contributed by atoms with Gasteiger partial charge in [-0.3, -0.25) is 4.79 Å². The van der Waals surface area contributed by atoms with Crippen LogP contribution in [0.15, 0.2) is 18.2 Å². The van der Waals surface area contributed by atoms with Gasteiger partial charge in [0.25, 0.3) is 5.91 Å². The predicted octanol–water partition coefficient (Wildman–Crippen LogP) is 0.225. The Kier molecular flexibility index (Phi) is 3.96. The minimum atomic E-state index is -0.934. The van der Waals surface area contributed by atoms with Crippen molar-refractivity contribution in [2.75, 3.05) is 11.9 Å². The Morgan fingerprint density at radius 2 is 2.26 bits per heavy atom. The topological polar surface area (TPSA) is 115 Å². The number of rotatable bonds is 5. The molecule has 1 fully saturated rings. The van der Waals surface area contributed by atoms with Crippen LogP contribution in [0.5, 0.6) is 0 Å². The second kappa shape index (κ2) is 5.66. The zero-order valence-corrected chi connectivity index (χ0v) is 10.2. The first-order chi connectivity index (χ1) is 9.06. The molecule has 1 aliphatic heterocycles. The average molecular weight is 265 g/mol. The van der Waals surface area contributed by atoms with E-state index in [0.29, 0.717) is 25.2 Å².